The molecule has 1 saturated heterocycles. The van der Waals surface area contributed by atoms with E-state index in [1.807, 2.05) is 59.5 Å². The van der Waals surface area contributed by atoms with E-state index < -0.39 is 0 Å². The third kappa shape index (κ3) is 5.72. The fourth-order valence-corrected chi connectivity index (χ4v) is 4.01. The van der Waals surface area contributed by atoms with E-state index in [9.17, 15) is 9.59 Å². The van der Waals surface area contributed by atoms with E-state index in [0.717, 1.165) is 17.5 Å². The summed E-state index contributed by atoms with van der Waals surface area (Å²) in [5, 5.41) is 12.6. The lowest BCUT2D eigenvalue weighted by atomic mass is 10.1. The smallest absolute Gasteiger partial charge is 0.324 e. The minimum Gasteiger partial charge on any atom is -0.396 e. The van der Waals surface area contributed by atoms with Crippen LogP contribution in [0.3, 0.4) is 0 Å². The molecule has 1 fully saturated rings. The molecule has 1 aliphatic rings. The second-order valence-corrected chi connectivity index (χ2v) is 8.45. The first-order chi connectivity index (χ1) is 16.0. The number of aliphatic hydroxyl groups is 1. The Balaban J connectivity index is 1.45. The number of hydrogen-bond acceptors (Lipinski definition) is 3. The lowest BCUT2D eigenvalue weighted by Gasteiger charge is -2.35. The van der Waals surface area contributed by atoms with Crippen molar-refractivity contribution < 1.29 is 14.7 Å². The molecule has 3 aromatic rings. The van der Waals surface area contributed by atoms with Crippen molar-refractivity contribution in [3.8, 4) is 0 Å². The van der Waals surface area contributed by atoms with Gasteiger partial charge in [-0.1, -0.05) is 41.9 Å². The van der Waals surface area contributed by atoms with Crippen LogP contribution >= 0.6 is 11.6 Å². The number of carbonyl (C=O) groups excluding carboxylic acids is 2. The second-order valence-electron chi connectivity index (χ2n) is 8.01. The molecular weight excluding hydrogens is 438 g/mol. The topological polar surface area (TPSA) is 72.9 Å². The van der Waals surface area contributed by atoms with Gasteiger partial charge in [0.2, 0.25) is 0 Å². The van der Waals surface area contributed by atoms with Crippen molar-refractivity contribution >= 4 is 34.9 Å². The maximum absolute atomic E-state index is 13.2. The highest BCUT2D eigenvalue weighted by Gasteiger charge is 2.27. The van der Waals surface area contributed by atoms with Gasteiger partial charge in [-0.05, 0) is 66.4 Å². The molecule has 2 N–H and O–H groups in total. The monoisotopic (exact) mass is 463 g/mol. The highest BCUT2D eigenvalue weighted by atomic mass is 35.5. The van der Waals surface area contributed by atoms with Crippen LogP contribution in [-0.4, -0.2) is 41.6 Å². The first-order valence-electron chi connectivity index (χ1n) is 11.0. The van der Waals surface area contributed by atoms with Crippen molar-refractivity contribution in [1.82, 2.24) is 4.90 Å². The zero-order chi connectivity index (χ0) is 23.2. The standard InChI is InChI=1S/C26H26ClN3O3/c27-22-9-5-20(6-10-22)18-29-14-2-15-30(26(29)33)24-4-1-3-21(17-24)25(32)28-23-11-7-19(8-12-23)13-16-31/h1,3-12,17,31H,2,13-16,18H2,(H,28,32). The van der Waals surface area contributed by atoms with Gasteiger partial charge < -0.3 is 15.3 Å². The first kappa shape index (κ1) is 22.8. The summed E-state index contributed by atoms with van der Waals surface area (Å²) in [6.45, 7) is 1.89. The molecule has 170 valence electrons. The van der Waals surface area contributed by atoms with Gasteiger partial charge in [0.05, 0.1) is 0 Å². The van der Waals surface area contributed by atoms with Crippen LogP contribution in [0.25, 0.3) is 0 Å². The van der Waals surface area contributed by atoms with E-state index in [2.05, 4.69) is 5.32 Å². The van der Waals surface area contributed by atoms with E-state index in [4.69, 9.17) is 16.7 Å². The van der Waals surface area contributed by atoms with Crippen molar-refractivity contribution in [2.45, 2.75) is 19.4 Å². The molecule has 1 aliphatic heterocycles. The summed E-state index contributed by atoms with van der Waals surface area (Å²) in [5.41, 5.74) is 3.88. The average Bonchev–Trinajstić information content (AvgIpc) is 2.83. The van der Waals surface area contributed by atoms with Crippen LogP contribution in [0.1, 0.15) is 27.9 Å². The number of benzene rings is 3. The fourth-order valence-electron chi connectivity index (χ4n) is 3.88. The van der Waals surface area contributed by atoms with Gasteiger partial charge in [0.25, 0.3) is 5.91 Å². The van der Waals surface area contributed by atoms with Crippen molar-refractivity contribution in [2.24, 2.45) is 0 Å². The Morgan fingerprint density at radius 3 is 2.42 bits per heavy atom. The van der Waals surface area contributed by atoms with Crippen LogP contribution in [0.5, 0.6) is 0 Å². The SMILES string of the molecule is O=C(Nc1ccc(CCO)cc1)c1cccc(N2CCCN(Cc3ccc(Cl)cc3)C2=O)c1. The van der Waals surface area contributed by atoms with Gasteiger partial charge in [0.1, 0.15) is 0 Å². The normalized spacial score (nSPS) is 13.8. The van der Waals surface area contributed by atoms with Gasteiger partial charge in [-0.25, -0.2) is 4.79 Å². The summed E-state index contributed by atoms with van der Waals surface area (Å²) >= 11 is 5.97. The molecule has 0 aliphatic carbocycles. The zero-order valence-corrected chi connectivity index (χ0v) is 19.0. The van der Waals surface area contributed by atoms with Gasteiger partial charge in [-0.2, -0.15) is 0 Å². The number of aliphatic hydroxyl groups excluding tert-OH is 1. The first-order valence-corrected chi connectivity index (χ1v) is 11.3. The second kappa shape index (κ2) is 10.5. The number of nitrogens with zero attached hydrogens (tertiary/aromatic N) is 2. The highest BCUT2D eigenvalue weighted by molar-refractivity contribution is 6.30. The van der Waals surface area contributed by atoms with Crippen LogP contribution in [0.15, 0.2) is 72.8 Å². The predicted octanol–water partition coefficient (Wildman–Crippen LogP) is 4.96. The number of rotatable bonds is 7. The molecule has 0 aromatic heterocycles. The lowest BCUT2D eigenvalue weighted by molar-refractivity contribution is 0.102. The Morgan fingerprint density at radius 1 is 0.970 bits per heavy atom. The zero-order valence-electron chi connectivity index (χ0n) is 18.2. The van der Waals surface area contributed by atoms with E-state index in [0.29, 0.717) is 48.0 Å². The molecule has 3 aromatic carbocycles. The van der Waals surface area contributed by atoms with E-state index >= 15 is 0 Å². The van der Waals surface area contributed by atoms with Gasteiger partial charge in [-0.15, -0.1) is 0 Å². The Bertz CT molecular complexity index is 1120. The largest absolute Gasteiger partial charge is 0.396 e. The summed E-state index contributed by atoms with van der Waals surface area (Å²) in [6.07, 6.45) is 1.42. The van der Waals surface area contributed by atoms with E-state index in [-0.39, 0.29) is 18.5 Å². The summed E-state index contributed by atoms with van der Waals surface area (Å²) in [6, 6.07) is 21.9. The predicted molar refractivity (Wildman–Crippen MR) is 131 cm³/mol. The number of urea groups is 1. The van der Waals surface area contributed by atoms with Crippen LogP contribution in [0.4, 0.5) is 16.2 Å². The molecule has 4 rings (SSSR count). The van der Waals surface area contributed by atoms with Crippen LogP contribution in [0, 0.1) is 0 Å². The molecule has 0 unspecified atom stereocenters. The van der Waals surface area contributed by atoms with Crippen LogP contribution in [-0.2, 0) is 13.0 Å². The Labute approximate surface area is 198 Å². The van der Waals surface area contributed by atoms with Crippen LogP contribution in [0.2, 0.25) is 5.02 Å². The molecule has 3 amide bonds. The van der Waals surface area contributed by atoms with Gasteiger partial charge in [0.15, 0.2) is 0 Å². The third-order valence-corrected chi connectivity index (χ3v) is 5.88. The third-order valence-electron chi connectivity index (χ3n) is 5.63. The number of nitrogens with one attached hydrogen (secondary N) is 1. The minimum atomic E-state index is -0.241. The summed E-state index contributed by atoms with van der Waals surface area (Å²) in [7, 11) is 0. The molecule has 0 atom stereocenters. The molecular formula is C26H26ClN3O3. The lowest BCUT2D eigenvalue weighted by Crippen LogP contribution is -2.49. The van der Waals surface area contributed by atoms with Crippen molar-refractivity contribution in [3.63, 3.8) is 0 Å². The Morgan fingerprint density at radius 2 is 1.70 bits per heavy atom. The summed E-state index contributed by atoms with van der Waals surface area (Å²) < 4.78 is 0. The molecule has 1 heterocycles. The quantitative estimate of drug-likeness (QED) is 0.520. The molecule has 0 bridgehead atoms. The number of halogens is 1. The molecule has 33 heavy (non-hydrogen) atoms. The van der Waals surface area contributed by atoms with Crippen molar-refractivity contribution in [1.29, 1.82) is 0 Å². The molecule has 7 heteroatoms. The fraction of sp³-hybridized carbons (Fsp3) is 0.231. The van der Waals surface area contributed by atoms with Gasteiger partial charge in [0, 0.05) is 48.2 Å². The number of amides is 3. The molecule has 6 nitrogen and oxygen atoms in total. The van der Waals surface area contributed by atoms with E-state index in [1.54, 1.807) is 23.1 Å². The number of hydrogen-bond donors (Lipinski definition) is 2. The molecule has 0 saturated carbocycles. The van der Waals surface area contributed by atoms with Crippen molar-refractivity contribution in [2.75, 3.05) is 29.9 Å². The maximum Gasteiger partial charge on any atom is 0.324 e. The van der Waals surface area contributed by atoms with Gasteiger partial charge >= 0.3 is 6.03 Å². The van der Waals surface area contributed by atoms with Gasteiger partial charge in [-0.3, -0.25) is 9.69 Å². The highest BCUT2D eigenvalue weighted by Crippen LogP contribution is 2.23. The Hall–Kier alpha value is -3.35. The number of carbonyl (C=O) groups is 2. The summed E-state index contributed by atoms with van der Waals surface area (Å²) in [5.74, 6) is -0.241. The average molecular weight is 464 g/mol. The summed E-state index contributed by atoms with van der Waals surface area (Å²) in [4.78, 5) is 29.5. The Kier molecular flexibility index (Phi) is 7.27. The van der Waals surface area contributed by atoms with Crippen LogP contribution < -0.4 is 10.2 Å². The van der Waals surface area contributed by atoms with Crippen molar-refractivity contribution in [3.05, 3.63) is 94.5 Å². The maximum atomic E-state index is 13.2. The number of anilines is 2. The minimum absolute atomic E-state index is 0.0757. The molecule has 0 radical (unpaired) electrons. The van der Waals surface area contributed by atoms with E-state index in [1.165, 1.54) is 0 Å². The molecule has 0 spiro atoms.